The van der Waals surface area contributed by atoms with Crippen LogP contribution in [0.2, 0.25) is 0 Å². The molecule has 0 unspecified atom stereocenters. The summed E-state index contributed by atoms with van der Waals surface area (Å²) in [5.41, 5.74) is 2.86. The molecule has 4 aromatic carbocycles. The zero-order chi connectivity index (χ0) is 33.8. The van der Waals surface area contributed by atoms with Crippen molar-refractivity contribution >= 4 is 34.2 Å². The van der Waals surface area contributed by atoms with E-state index in [0.29, 0.717) is 56.8 Å². The molecule has 1 aromatic heterocycles. The molecule has 0 aliphatic carbocycles. The monoisotopic (exact) mass is 664 g/mol. The van der Waals surface area contributed by atoms with Crippen LogP contribution in [0.25, 0.3) is 16.8 Å². The number of fused-ring (bicyclic) bond motifs is 2. The van der Waals surface area contributed by atoms with Crippen molar-refractivity contribution in [1.82, 2.24) is 4.57 Å². The van der Waals surface area contributed by atoms with Gasteiger partial charge in [0.2, 0.25) is 0 Å². The second-order valence-electron chi connectivity index (χ2n) is 11.0. The van der Waals surface area contributed by atoms with Gasteiger partial charge in [-0.2, -0.15) is 0 Å². The zero-order valence-corrected chi connectivity index (χ0v) is 28.3. The molecule has 0 radical (unpaired) electrons. The van der Waals surface area contributed by atoms with E-state index < -0.39 is 12.0 Å². The Kier molecular flexibility index (Phi) is 9.63. The summed E-state index contributed by atoms with van der Waals surface area (Å²) in [6.45, 7) is 6.39. The van der Waals surface area contributed by atoms with E-state index in [0.717, 1.165) is 21.9 Å². The number of methoxy groups -OCH3 is 2. The standard InChI is InChI=1S/C38H36N2O7S/c1-6-45-32-19-24(15-18-30(32)47-22-26-13-10-12-25-11-8-9-14-28(25)26)20-33-36(41)40-35(29-17-16-27(43-4)21-31(29)44-5)34(37(42)46-7-2)23(3)39-38(40)48-33/h8-21,35H,6-7,22H2,1-5H3/b33-20+/t35-/m0/s1. The van der Waals surface area contributed by atoms with E-state index in [1.54, 1.807) is 45.2 Å². The minimum atomic E-state index is -0.827. The first kappa shape index (κ1) is 32.6. The molecule has 0 amide bonds. The van der Waals surface area contributed by atoms with Crippen molar-refractivity contribution in [2.75, 3.05) is 27.4 Å². The number of benzene rings is 4. The van der Waals surface area contributed by atoms with Gasteiger partial charge < -0.3 is 23.7 Å². The van der Waals surface area contributed by atoms with Crippen LogP contribution in [0.5, 0.6) is 23.0 Å². The van der Waals surface area contributed by atoms with E-state index in [-0.39, 0.29) is 17.7 Å². The molecule has 1 aliphatic rings. The SMILES string of the molecule is CCOC(=O)C1=C(C)N=c2s/c(=C/c3ccc(OCc4cccc5ccccc45)c(OCC)c3)c(=O)n2[C@H]1c1ccc(OC)cc1OC. The van der Waals surface area contributed by atoms with Gasteiger partial charge in [0.15, 0.2) is 16.3 Å². The number of carbonyl (C=O) groups is 1. The molecule has 2 heterocycles. The Labute approximate surface area is 281 Å². The Balaban J connectivity index is 1.40. The lowest BCUT2D eigenvalue weighted by atomic mass is 9.95. The number of nitrogens with zero attached hydrogens (tertiary/aromatic N) is 2. The number of aromatic nitrogens is 1. The maximum atomic E-state index is 14.2. The van der Waals surface area contributed by atoms with Crippen LogP contribution in [0.3, 0.4) is 0 Å². The van der Waals surface area contributed by atoms with Crippen LogP contribution in [0.1, 0.15) is 43.5 Å². The van der Waals surface area contributed by atoms with E-state index in [2.05, 4.69) is 29.3 Å². The molecule has 0 saturated carbocycles. The van der Waals surface area contributed by atoms with Crippen LogP contribution < -0.4 is 33.8 Å². The van der Waals surface area contributed by atoms with Crippen molar-refractivity contribution in [3.05, 3.63) is 127 Å². The summed E-state index contributed by atoms with van der Waals surface area (Å²) in [5.74, 6) is 1.67. The Morgan fingerprint density at radius 2 is 1.71 bits per heavy atom. The Bertz CT molecular complexity index is 2210. The van der Waals surface area contributed by atoms with Crippen LogP contribution in [-0.2, 0) is 16.1 Å². The third-order valence-corrected chi connectivity index (χ3v) is 9.06. The Morgan fingerprint density at radius 1 is 0.896 bits per heavy atom. The van der Waals surface area contributed by atoms with Gasteiger partial charge >= 0.3 is 5.97 Å². The minimum absolute atomic E-state index is 0.177. The molecule has 0 spiro atoms. The number of allylic oxidation sites excluding steroid dienone is 1. The number of thiazole rings is 1. The summed E-state index contributed by atoms with van der Waals surface area (Å²) in [6, 6.07) is 24.4. The first-order valence-corrected chi connectivity index (χ1v) is 16.5. The predicted molar refractivity (Wildman–Crippen MR) is 186 cm³/mol. The highest BCUT2D eigenvalue weighted by atomic mass is 32.1. The molecule has 48 heavy (non-hydrogen) atoms. The van der Waals surface area contributed by atoms with Gasteiger partial charge in [-0.3, -0.25) is 9.36 Å². The lowest BCUT2D eigenvalue weighted by Crippen LogP contribution is -2.40. The molecule has 0 fully saturated rings. The number of esters is 1. The summed E-state index contributed by atoms with van der Waals surface area (Å²) < 4.78 is 30.7. The fraction of sp³-hybridized carbons (Fsp3) is 0.237. The maximum Gasteiger partial charge on any atom is 0.338 e. The Hall–Kier alpha value is -5.35. The van der Waals surface area contributed by atoms with Crippen LogP contribution >= 0.6 is 11.3 Å². The quantitative estimate of drug-likeness (QED) is 0.161. The first-order valence-electron chi connectivity index (χ1n) is 15.6. The number of hydrogen-bond acceptors (Lipinski definition) is 9. The largest absolute Gasteiger partial charge is 0.497 e. The zero-order valence-electron chi connectivity index (χ0n) is 27.4. The van der Waals surface area contributed by atoms with Gasteiger partial charge in [0.05, 0.1) is 43.2 Å². The van der Waals surface area contributed by atoms with Crippen LogP contribution in [-0.4, -0.2) is 38.0 Å². The Morgan fingerprint density at radius 3 is 2.48 bits per heavy atom. The molecular weight excluding hydrogens is 628 g/mol. The molecule has 0 N–H and O–H groups in total. The molecule has 0 bridgehead atoms. The van der Waals surface area contributed by atoms with Gasteiger partial charge in [-0.15, -0.1) is 0 Å². The summed E-state index contributed by atoms with van der Waals surface area (Å²) in [5, 5.41) is 2.29. The number of carbonyl (C=O) groups excluding carboxylic acids is 1. The van der Waals surface area contributed by atoms with E-state index in [9.17, 15) is 9.59 Å². The average Bonchev–Trinajstić information content (AvgIpc) is 3.40. The van der Waals surface area contributed by atoms with Gasteiger partial charge in [0.1, 0.15) is 24.1 Å². The lowest BCUT2D eigenvalue weighted by molar-refractivity contribution is -0.139. The lowest BCUT2D eigenvalue weighted by Gasteiger charge is -2.26. The molecule has 5 aromatic rings. The van der Waals surface area contributed by atoms with Gasteiger partial charge in [0, 0.05) is 11.6 Å². The smallest absolute Gasteiger partial charge is 0.338 e. The second kappa shape index (κ2) is 14.2. The minimum Gasteiger partial charge on any atom is -0.497 e. The summed E-state index contributed by atoms with van der Waals surface area (Å²) >= 11 is 1.24. The van der Waals surface area contributed by atoms with Crippen molar-refractivity contribution in [3.8, 4) is 23.0 Å². The van der Waals surface area contributed by atoms with Crippen molar-refractivity contribution < 1.29 is 28.5 Å². The highest BCUT2D eigenvalue weighted by Crippen LogP contribution is 2.38. The average molecular weight is 665 g/mol. The number of hydrogen-bond donors (Lipinski definition) is 0. The van der Waals surface area contributed by atoms with Crippen molar-refractivity contribution in [2.24, 2.45) is 4.99 Å². The first-order chi connectivity index (χ1) is 23.4. The fourth-order valence-electron chi connectivity index (χ4n) is 5.86. The molecule has 246 valence electrons. The van der Waals surface area contributed by atoms with Crippen molar-refractivity contribution in [3.63, 3.8) is 0 Å². The third-order valence-electron chi connectivity index (χ3n) is 8.08. The summed E-state index contributed by atoms with van der Waals surface area (Å²) in [6.07, 6.45) is 1.80. The van der Waals surface area contributed by atoms with Crippen LogP contribution in [0, 0.1) is 0 Å². The summed E-state index contributed by atoms with van der Waals surface area (Å²) in [4.78, 5) is 32.7. The predicted octanol–water partition coefficient (Wildman–Crippen LogP) is 5.95. The number of ether oxygens (including phenoxy) is 5. The molecular formula is C38H36N2O7S. The summed E-state index contributed by atoms with van der Waals surface area (Å²) in [7, 11) is 3.10. The third kappa shape index (κ3) is 6.31. The molecule has 9 nitrogen and oxygen atoms in total. The van der Waals surface area contributed by atoms with Gasteiger partial charge in [-0.25, -0.2) is 9.79 Å². The van der Waals surface area contributed by atoms with Gasteiger partial charge in [0.25, 0.3) is 5.56 Å². The van der Waals surface area contributed by atoms with Crippen LogP contribution in [0.4, 0.5) is 0 Å². The molecule has 0 saturated heterocycles. The topological polar surface area (TPSA) is 97.6 Å². The fourth-order valence-corrected chi connectivity index (χ4v) is 6.90. The number of rotatable bonds is 11. The second-order valence-corrected chi connectivity index (χ2v) is 12.0. The molecule has 1 aliphatic heterocycles. The highest BCUT2D eigenvalue weighted by Gasteiger charge is 2.35. The normalized spacial score (nSPS) is 14.4. The van der Waals surface area contributed by atoms with E-state index in [1.165, 1.54) is 23.0 Å². The van der Waals surface area contributed by atoms with E-state index >= 15 is 0 Å². The van der Waals surface area contributed by atoms with Gasteiger partial charge in [-0.05, 0) is 73.0 Å². The molecule has 1 atom stereocenters. The van der Waals surface area contributed by atoms with E-state index in [4.69, 9.17) is 23.7 Å². The van der Waals surface area contributed by atoms with E-state index in [1.807, 2.05) is 43.3 Å². The van der Waals surface area contributed by atoms with Gasteiger partial charge in [-0.1, -0.05) is 59.9 Å². The molecule has 6 rings (SSSR count). The highest BCUT2D eigenvalue weighted by molar-refractivity contribution is 7.07. The van der Waals surface area contributed by atoms with Crippen molar-refractivity contribution in [1.29, 1.82) is 0 Å². The molecule has 10 heteroatoms. The van der Waals surface area contributed by atoms with Crippen LogP contribution in [0.15, 0.2) is 99.9 Å². The van der Waals surface area contributed by atoms with Crippen molar-refractivity contribution in [2.45, 2.75) is 33.4 Å². The maximum absolute atomic E-state index is 14.2.